The lowest BCUT2D eigenvalue weighted by atomic mass is 9.81. The van der Waals surface area contributed by atoms with Crippen molar-refractivity contribution in [2.24, 2.45) is 0 Å². The SMILES string of the molecule is C#CC(CC)N1CCCNC2(CCCCC2)C1. The van der Waals surface area contributed by atoms with Crippen LogP contribution in [0, 0.1) is 12.3 Å². The first-order chi connectivity index (χ1) is 8.29. The molecule has 0 bridgehead atoms. The molecule has 1 aliphatic carbocycles. The van der Waals surface area contributed by atoms with E-state index in [0.29, 0.717) is 11.6 Å². The Morgan fingerprint density at radius 2 is 2.06 bits per heavy atom. The molecule has 17 heavy (non-hydrogen) atoms. The van der Waals surface area contributed by atoms with Crippen LogP contribution in [0.25, 0.3) is 0 Å². The monoisotopic (exact) mass is 234 g/mol. The maximum absolute atomic E-state index is 5.67. The lowest BCUT2D eigenvalue weighted by molar-refractivity contribution is 0.145. The van der Waals surface area contributed by atoms with Crippen molar-refractivity contribution in [3.05, 3.63) is 0 Å². The van der Waals surface area contributed by atoms with E-state index < -0.39 is 0 Å². The lowest BCUT2D eigenvalue weighted by Crippen LogP contribution is -2.54. The Bertz CT molecular complexity index is 273. The van der Waals surface area contributed by atoms with E-state index in [0.717, 1.165) is 26.1 Å². The smallest absolute Gasteiger partial charge is 0.0709 e. The quantitative estimate of drug-likeness (QED) is 0.738. The number of terminal acetylenes is 1. The summed E-state index contributed by atoms with van der Waals surface area (Å²) in [5.74, 6) is 2.97. The maximum atomic E-state index is 5.67. The molecule has 1 spiro atoms. The van der Waals surface area contributed by atoms with Crippen molar-refractivity contribution < 1.29 is 0 Å². The minimum absolute atomic E-state index is 0.341. The third kappa shape index (κ3) is 3.03. The molecule has 1 saturated carbocycles. The molecule has 2 heteroatoms. The molecule has 1 atom stereocenters. The summed E-state index contributed by atoms with van der Waals surface area (Å²) in [6.07, 6.45) is 14.8. The zero-order valence-electron chi connectivity index (χ0n) is 11.2. The zero-order chi connectivity index (χ0) is 12.1. The van der Waals surface area contributed by atoms with Crippen LogP contribution >= 0.6 is 0 Å². The Hall–Kier alpha value is -0.520. The third-order valence-corrected chi connectivity index (χ3v) is 4.46. The van der Waals surface area contributed by atoms with Gasteiger partial charge in [-0.3, -0.25) is 4.90 Å². The third-order valence-electron chi connectivity index (χ3n) is 4.46. The Balaban J connectivity index is 2.06. The van der Waals surface area contributed by atoms with E-state index in [9.17, 15) is 0 Å². The fraction of sp³-hybridized carbons (Fsp3) is 0.867. The predicted molar refractivity (Wildman–Crippen MR) is 72.9 cm³/mol. The van der Waals surface area contributed by atoms with Crippen LogP contribution < -0.4 is 5.32 Å². The van der Waals surface area contributed by atoms with Gasteiger partial charge in [0.1, 0.15) is 0 Å². The Kier molecular flexibility index (Phi) is 4.48. The van der Waals surface area contributed by atoms with Crippen molar-refractivity contribution in [2.75, 3.05) is 19.6 Å². The summed E-state index contributed by atoms with van der Waals surface area (Å²) in [6.45, 7) is 5.70. The number of rotatable bonds is 2. The van der Waals surface area contributed by atoms with Gasteiger partial charge in [-0.25, -0.2) is 0 Å². The average Bonchev–Trinajstić information content (AvgIpc) is 2.55. The van der Waals surface area contributed by atoms with Gasteiger partial charge in [0.15, 0.2) is 0 Å². The molecule has 2 aliphatic rings. The van der Waals surface area contributed by atoms with Gasteiger partial charge < -0.3 is 5.32 Å². The van der Waals surface area contributed by atoms with Crippen LogP contribution in [0.3, 0.4) is 0 Å². The van der Waals surface area contributed by atoms with E-state index in [1.54, 1.807) is 0 Å². The Labute approximate surface area is 106 Å². The van der Waals surface area contributed by atoms with Gasteiger partial charge in [-0.2, -0.15) is 0 Å². The molecule has 0 amide bonds. The van der Waals surface area contributed by atoms with E-state index in [-0.39, 0.29) is 0 Å². The van der Waals surface area contributed by atoms with Gasteiger partial charge >= 0.3 is 0 Å². The number of hydrogen-bond acceptors (Lipinski definition) is 2. The van der Waals surface area contributed by atoms with Crippen LogP contribution in [0.1, 0.15) is 51.9 Å². The second-order valence-corrected chi connectivity index (χ2v) is 5.68. The van der Waals surface area contributed by atoms with Gasteiger partial charge in [0.05, 0.1) is 6.04 Å². The van der Waals surface area contributed by atoms with Crippen LogP contribution in [-0.2, 0) is 0 Å². The fourth-order valence-electron chi connectivity index (χ4n) is 3.47. The molecule has 0 aromatic rings. The normalized spacial score (nSPS) is 27.3. The topological polar surface area (TPSA) is 15.3 Å². The van der Waals surface area contributed by atoms with Gasteiger partial charge in [0.2, 0.25) is 0 Å². The summed E-state index contributed by atoms with van der Waals surface area (Å²) in [4.78, 5) is 2.55. The number of nitrogens with zero attached hydrogens (tertiary/aromatic N) is 1. The molecule has 1 N–H and O–H groups in total. The summed E-state index contributed by atoms with van der Waals surface area (Å²) in [7, 11) is 0. The van der Waals surface area contributed by atoms with Gasteiger partial charge in [0.25, 0.3) is 0 Å². The van der Waals surface area contributed by atoms with Gasteiger partial charge in [-0.05, 0) is 32.2 Å². The number of nitrogens with one attached hydrogen (secondary N) is 1. The van der Waals surface area contributed by atoms with Crippen molar-refractivity contribution in [3.8, 4) is 12.3 Å². The molecule has 0 aromatic heterocycles. The molecule has 0 aromatic carbocycles. The first kappa shape index (κ1) is 12.9. The molecule has 0 radical (unpaired) electrons. The number of hydrogen-bond donors (Lipinski definition) is 1. The summed E-state index contributed by atoms with van der Waals surface area (Å²) in [6, 6.07) is 0.341. The molecule has 1 saturated heterocycles. The van der Waals surface area contributed by atoms with Crippen LogP contribution in [0.4, 0.5) is 0 Å². The minimum Gasteiger partial charge on any atom is -0.310 e. The fourth-order valence-corrected chi connectivity index (χ4v) is 3.47. The second kappa shape index (κ2) is 5.89. The van der Waals surface area contributed by atoms with Gasteiger partial charge in [0, 0.05) is 18.6 Å². The molecular weight excluding hydrogens is 208 g/mol. The highest BCUT2D eigenvalue weighted by atomic mass is 15.2. The van der Waals surface area contributed by atoms with Gasteiger partial charge in [-0.1, -0.05) is 32.1 Å². The Morgan fingerprint density at radius 3 is 2.71 bits per heavy atom. The summed E-state index contributed by atoms with van der Waals surface area (Å²) < 4.78 is 0. The highest BCUT2D eigenvalue weighted by Gasteiger charge is 2.36. The van der Waals surface area contributed by atoms with Crippen LogP contribution in [0.5, 0.6) is 0 Å². The average molecular weight is 234 g/mol. The molecule has 2 rings (SSSR count). The Morgan fingerprint density at radius 1 is 1.29 bits per heavy atom. The van der Waals surface area contributed by atoms with Crippen LogP contribution in [-0.4, -0.2) is 36.1 Å². The largest absolute Gasteiger partial charge is 0.310 e. The lowest BCUT2D eigenvalue weighted by Gasteiger charge is -2.41. The minimum atomic E-state index is 0.341. The second-order valence-electron chi connectivity index (χ2n) is 5.68. The van der Waals surface area contributed by atoms with E-state index in [1.807, 2.05) is 0 Å². The molecule has 96 valence electrons. The highest BCUT2D eigenvalue weighted by molar-refractivity contribution is 5.04. The van der Waals surface area contributed by atoms with Crippen molar-refractivity contribution in [1.29, 1.82) is 0 Å². The van der Waals surface area contributed by atoms with Crippen molar-refractivity contribution in [2.45, 2.75) is 63.5 Å². The van der Waals surface area contributed by atoms with E-state index >= 15 is 0 Å². The molecular formula is C15H26N2. The molecule has 1 aliphatic heterocycles. The standard InChI is InChI=1S/C15H26N2/c1-3-14(4-2)17-12-8-11-16-15(13-17)9-6-5-7-10-15/h1,14,16H,4-13H2,2H3. The van der Waals surface area contributed by atoms with E-state index in [2.05, 4.69) is 23.1 Å². The van der Waals surface area contributed by atoms with E-state index in [1.165, 1.54) is 38.5 Å². The maximum Gasteiger partial charge on any atom is 0.0709 e. The summed E-state index contributed by atoms with van der Waals surface area (Å²) >= 11 is 0. The van der Waals surface area contributed by atoms with Crippen LogP contribution in [0.2, 0.25) is 0 Å². The van der Waals surface area contributed by atoms with Crippen molar-refractivity contribution in [1.82, 2.24) is 10.2 Å². The summed E-state index contributed by atoms with van der Waals surface area (Å²) in [5, 5.41) is 3.82. The molecule has 1 unspecified atom stereocenters. The zero-order valence-corrected chi connectivity index (χ0v) is 11.2. The van der Waals surface area contributed by atoms with Crippen molar-refractivity contribution in [3.63, 3.8) is 0 Å². The molecule has 2 nitrogen and oxygen atoms in total. The summed E-state index contributed by atoms with van der Waals surface area (Å²) in [5.41, 5.74) is 0.374. The highest BCUT2D eigenvalue weighted by Crippen LogP contribution is 2.31. The van der Waals surface area contributed by atoms with Crippen LogP contribution in [0.15, 0.2) is 0 Å². The first-order valence-corrected chi connectivity index (χ1v) is 7.25. The first-order valence-electron chi connectivity index (χ1n) is 7.25. The molecule has 1 heterocycles. The van der Waals surface area contributed by atoms with E-state index in [4.69, 9.17) is 6.42 Å². The van der Waals surface area contributed by atoms with Crippen molar-refractivity contribution >= 4 is 0 Å². The predicted octanol–water partition coefficient (Wildman–Crippen LogP) is 2.40. The van der Waals surface area contributed by atoms with Gasteiger partial charge in [-0.15, -0.1) is 6.42 Å². The molecule has 2 fully saturated rings.